The lowest BCUT2D eigenvalue weighted by Gasteiger charge is -2.30. The van der Waals surface area contributed by atoms with E-state index >= 15 is 0 Å². The van der Waals surface area contributed by atoms with Crippen LogP contribution in [0.25, 0.3) is 5.57 Å². The summed E-state index contributed by atoms with van der Waals surface area (Å²) >= 11 is 0. The first kappa shape index (κ1) is 24.3. The number of benzene rings is 2. The molecular weight excluding hydrogens is 511 g/mol. The van der Waals surface area contributed by atoms with Gasteiger partial charge >= 0.3 is 0 Å². The van der Waals surface area contributed by atoms with Gasteiger partial charge in [0, 0.05) is 39.1 Å². The number of guanidine groups is 1. The van der Waals surface area contributed by atoms with Gasteiger partial charge in [-0.3, -0.25) is 4.79 Å². The molecule has 0 unspecified atom stereocenters. The van der Waals surface area contributed by atoms with E-state index in [2.05, 4.69) is 77.8 Å². The van der Waals surface area contributed by atoms with Crippen molar-refractivity contribution in [3.05, 3.63) is 77.4 Å². The zero-order chi connectivity index (χ0) is 21.5. The van der Waals surface area contributed by atoms with E-state index in [1.165, 1.54) is 22.3 Å². The average Bonchev–Trinajstić information content (AvgIpc) is 3.22. The topological polar surface area (TPSA) is 47.9 Å². The van der Waals surface area contributed by atoms with Crippen molar-refractivity contribution in [1.82, 2.24) is 15.1 Å². The zero-order valence-electron chi connectivity index (χ0n) is 18.8. The third kappa shape index (κ3) is 6.34. The van der Waals surface area contributed by atoms with E-state index in [1.807, 2.05) is 4.90 Å². The van der Waals surface area contributed by atoms with Gasteiger partial charge in [-0.2, -0.15) is 0 Å². The van der Waals surface area contributed by atoms with Crippen LogP contribution in [0.4, 0.5) is 0 Å². The minimum Gasteiger partial charge on any atom is -0.356 e. The van der Waals surface area contributed by atoms with Crippen molar-refractivity contribution in [3.63, 3.8) is 0 Å². The molecule has 4 rings (SSSR count). The van der Waals surface area contributed by atoms with Crippen LogP contribution >= 0.6 is 24.0 Å². The van der Waals surface area contributed by atoms with E-state index in [1.54, 1.807) is 0 Å². The first-order valence-corrected chi connectivity index (χ1v) is 11.4. The molecule has 0 aromatic heterocycles. The number of carbonyl (C=O) groups is 1. The van der Waals surface area contributed by atoms with Gasteiger partial charge in [-0.25, -0.2) is 4.99 Å². The number of nitrogens with zero attached hydrogens (tertiary/aromatic N) is 3. The van der Waals surface area contributed by atoms with Gasteiger partial charge < -0.3 is 15.1 Å². The number of halogens is 1. The van der Waals surface area contributed by atoms with Gasteiger partial charge in [0.2, 0.25) is 5.91 Å². The molecule has 5 nitrogen and oxygen atoms in total. The monoisotopic (exact) mass is 544 g/mol. The summed E-state index contributed by atoms with van der Waals surface area (Å²) in [6, 6.07) is 19.1. The molecule has 6 heteroatoms. The summed E-state index contributed by atoms with van der Waals surface area (Å²) in [5.74, 6) is 1.23. The smallest absolute Gasteiger partial charge is 0.222 e. The van der Waals surface area contributed by atoms with Crippen LogP contribution in [0.2, 0.25) is 0 Å². The number of hydrogen-bond donors (Lipinski definition) is 1. The number of carbonyl (C=O) groups excluding carboxylic acids is 1. The maximum Gasteiger partial charge on any atom is 0.222 e. The van der Waals surface area contributed by atoms with E-state index in [4.69, 9.17) is 4.99 Å². The van der Waals surface area contributed by atoms with Gasteiger partial charge in [0.05, 0.1) is 6.54 Å². The zero-order valence-corrected chi connectivity index (χ0v) is 21.1. The number of aliphatic imine (C=N–C) groups is 1. The maximum absolute atomic E-state index is 11.9. The van der Waals surface area contributed by atoms with Crippen LogP contribution in [0.3, 0.4) is 0 Å². The molecule has 2 aromatic carbocycles. The SMILES string of the molecule is CCNC(=NCc1cccc(CN2CCCC2=O)c1)N1CC=C(c2ccccc2)CC1.I. The molecule has 1 N–H and O–H groups in total. The molecule has 0 spiro atoms. The van der Waals surface area contributed by atoms with Crippen LogP contribution in [0, 0.1) is 0 Å². The van der Waals surface area contributed by atoms with E-state index in [-0.39, 0.29) is 29.9 Å². The third-order valence-electron chi connectivity index (χ3n) is 5.94. The van der Waals surface area contributed by atoms with E-state index < -0.39 is 0 Å². The maximum atomic E-state index is 11.9. The van der Waals surface area contributed by atoms with E-state index in [0.717, 1.165) is 45.0 Å². The van der Waals surface area contributed by atoms with Gasteiger partial charge in [-0.15, -0.1) is 24.0 Å². The first-order valence-electron chi connectivity index (χ1n) is 11.4. The Morgan fingerprint density at radius 2 is 1.84 bits per heavy atom. The van der Waals surface area contributed by atoms with Crippen LogP contribution < -0.4 is 5.32 Å². The average molecular weight is 544 g/mol. The van der Waals surface area contributed by atoms with Crippen LogP contribution in [0.1, 0.15) is 42.9 Å². The molecule has 1 fully saturated rings. The van der Waals surface area contributed by atoms with Crippen LogP contribution in [0.5, 0.6) is 0 Å². The minimum absolute atomic E-state index is 0. The molecule has 1 saturated heterocycles. The Balaban J connectivity index is 0.00000289. The summed E-state index contributed by atoms with van der Waals surface area (Å²) in [5, 5.41) is 3.45. The second-order valence-electron chi connectivity index (χ2n) is 8.20. The summed E-state index contributed by atoms with van der Waals surface area (Å²) in [6.45, 7) is 7.00. The van der Waals surface area contributed by atoms with Crippen molar-refractivity contribution >= 4 is 41.4 Å². The lowest BCUT2D eigenvalue weighted by molar-refractivity contribution is -0.128. The van der Waals surface area contributed by atoms with Crippen molar-refractivity contribution in [1.29, 1.82) is 0 Å². The Hall–Kier alpha value is -2.35. The van der Waals surface area contributed by atoms with Gasteiger partial charge in [0.1, 0.15) is 0 Å². The lowest BCUT2D eigenvalue weighted by Crippen LogP contribution is -2.43. The van der Waals surface area contributed by atoms with Gasteiger partial charge in [0.15, 0.2) is 5.96 Å². The Kier molecular flexibility index (Phi) is 9.14. The molecule has 0 bridgehead atoms. The highest BCUT2D eigenvalue weighted by molar-refractivity contribution is 14.0. The van der Waals surface area contributed by atoms with Crippen molar-refractivity contribution in [2.45, 2.75) is 39.3 Å². The Morgan fingerprint density at radius 1 is 1.03 bits per heavy atom. The van der Waals surface area contributed by atoms with Crippen LogP contribution in [0.15, 0.2) is 65.7 Å². The van der Waals surface area contributed by atoms with Crippen molar-refractivity contribution in [3.8, 4) is 0 Å². The number of rotatable bonds is 6. The Morgan fingerprint density at radius 3 is 2.53 bits per heavy atom. The fourth-order valence-electron chi connectivity index (χ4n) is 4.29. The molecule has 170 valence electrons. The molecule has 2 aliphatic heterocycles. The molecule has 0 aliphatic carbocycles. The summed E-state index contributed by atoms with van der Waals surface area (Å²) < 4.78 is 0. The van der Waals surface area contributed by atoms with Crippen molar-refractivity contribution in [2.75, 3.05) is 26.2 Å². The summed E-state index contributed by atoms with van der Waals surface area (Å²) in [5.41, 5.74) is 5.09. The van der Waals surface area contributed by atoms with Gasteiger partial charge in [-0.05, 0) is 42.0 Å². The van der Waals surface area contributed by atoms with Gasteiger partial charge in [0.25, 0.3) is 0 Å². The van der Waals surface area contributed by atoms with Crippen molar-refractivity contribution < 1.29 is 4.79 Å². The highest BCUT2D eigenvalue weighted by atomic mass is 127. The fourth-order valence-corrected chi connectivity index (χ4v) is 4.29. The highest BCUT2D eigenvalue weighted by Crippen LogP contribution is 2.22. The molecule has 1 amide bonds. The Labute approximate surface area is 208 Å². The molecule has 32 heavy (non-hydrogen) atoms. The van der Waals surface area contributed by atoms with Crippen LogP contribution in [-0.4, -0.2) is 47.8 Å². The quantitative estimate of drug-likeness (QED) is 0.327. The predicted octanol–water partition coefficient (Wildman–Crippen LogP) is 4.68. The normalized spacial score (nSPS) is 16.6. The first-order chi connectivity index (χ1) is 15.2. The molecule has 0 radical (unpaired) electrons. The predicted molar refractivity (Wildman–Crippen MR) is 142 cm³/mol. The Bertz CT molecular complexity index is 957. The molecule has 0 saturated carbocycles. The second-order valence-corrected chi connectivity index (χ2v) is 8.20. The van der Waals surface area contributed by atoms with Gasteiger partial charge in [-0.1, -0.05) is 60.7 Å². The lowest BCUT2D eigenvalue weighted by atomic mass is 10.00. The van der Waals surface area contributed by atoms with E-state index in [9.17, 15) is 4.79 Å². The highest BCUT2D eigenvalue weighted by Gasteiger charge is 2.20. The minimum atomic E-state index is 0. The summed E-state index contributed by atoms with van der Waals surface area (Å²) in [4.78, 5) is 21.1. The number of amides is 1. The number of likely N-dealkylation sites (tertiary alicyclic amines) is 1. The summed E-state index contributed by atoms with van der Waals surface area (Å²) in [6.07, 6.45) is 5.00. The second kappa shape index (κ2) is 12.0. The van der Waals surface area contributed by atoms with Crippen LogP contribution in [-0.2, 0) is 17.9 Å². The molecule has 2 aromatic rings. The van der Waals surface area contributed by atoms with E-state index in [0.29, 0.717) is 19.5 Å². The summed E-state index contributed by atoms with van der Waals surface area (Å²) in [7, 11) is 0. The standard InChI is InChI=1S/C26H32N4O.HI/c1-2-27-26(29-16-13-24(14-17-29)23-10-4-3-5-11-23)28-19-21-8-6-9-22(18-21)20-30-15-7-12-25(30)31;/h3-6,8-11,13,18H,2,7,12,14-17,19-20H2,1H3,(H,27,28);1H. The molecule has 2 heterocycles. The third-order valence-corrected chi connectivity index (χ3v) is 5.94. The fraction of sp³-hybridized carbons (Fsp3) is 0.385. The number of nitrogens with one attached hydrogen (secondary N) is 1. The molecule has 2 aliphatic rings. The largest absolute Gasteiger partial charge is 0.356 e. The molecular formula is C26H33IN4O. The number of hydrogen-bond acceptors (Lipinski definition) is 2. The molecule has 0 atom stereocenters. The van der Waals surface area contributed by atoms with Crippen molar-refractivity contribution in [2.24, 2.45) is 4.99 Å².